The van der Waals surface area contributed by atoms with Crippen LogP contribution >= 0.6 is 0 Å². The summed E-state index contributed by atoms with van der Waals surface area (Å²) >= 11 is 0. The van der Waals surface area contributed by atoms with Crippen LogP contribution < -0.4 is 10.6 Å². The van der Waals surface area contributed by atoms with E-state index >= 15 is 0 Å². The molecule has 8 nitrogen and oxygen atoms in total. The van der Waals surface area contributed by atoms with Crippen molar-refractivity contribution < 1.29 is 19.5 Å². The topological polar surface area (TPSA) is 102 Å². The molecule has 1 aliphatic carbocycles. The molecule has 4 rings (SSSR count). The molecule has 0 aromatic heterocycles. The highest BCUT2D eigenvalue weighted by Crippen LogP contribution is 2.36. The number of hydrogen-bond acceptors (Lipinski definition) is 3. The predicted molar refractivity (Wildman–Crippen MR) is 145 cm³/mol. The summed E-state index contributed by atoms with van der Waals surface area (Å²) in [5, 5.41) is 14.7. The van der Waals surface area contributed by atoms with Crippen LogP contribution in [0.2, 0.25) is 0 Å². The molecule has 0 radical (unpaired) electrons. The molecule has 2 aromatic rings. The van der Waals surface area contributed by atoms with Gasteiger partial charge < -0.3 is 25.5 Å². The van der Waals surface area contributed by atoms with Gasteiger partial charge in [-0.3, -0.25) is 4.79 Å². The Labute approximate surface area is 219 Å². The predicted octanol–water partition coefficient (Wildman–Crippen LogP) is 6.04. The van der Waals surface area contributed by atoms with Gasteiger partial charge in [0, 0.05) is 36.9 Å². The number of nitrogens with zero attached hydrogens (tertiary/aromatic N) is 2. The Hall–Kier alpha value is -3.55. The minimum atomic E-state index is -0.732. The Kier molecular flexibility index (Phi) is 8.05. The highest BCUT2D eigenvalue weighted by atomic mass is 16.4. The first-order chi connectivity index (χ1) is 17.6. The van der Waals surface area contributed by atoms with Crippen LogP contribution in [0.5, 0.6) is 0 Å². The van der Waals surface area contributed by atoms with Gasteiger partial charge in [0.15, 0.2) is 0 Å². The zero-order valence-electron chi connectivity index (χ0n) is 22.0. The Morgan fingerprint density at radius 3 is 2.30 bits per heavy atom. The van der Waals surface area contributed by atoms with Gasteiger partial charge in [0.25, 0.3) is 0 Å². The monoisotopic (exact) mass is 506 g/mol. The van der Waals surface area contributed by atoms with Crippen molar-refractivity contribution >= 4 is 29.4 Å². The molecule has 2 fully saturated rings. The molecule has 2 aromatic carbocycles. The molecular weight excluding hydrogens is 468 g/mol. The lowest BCUT2D eigenvalue weighted by atomic mass is 9.83. The van der Waals surface area contributed by atoms with E-state index in [9.17, 15) is 14.4 Å². The molecule has 0 unspecified atom stereocenters. The van der Waals surface area contributed by atoms with Gasteiger partial charge in [-0.25, -0.2) is 9.59 Å². The Morgan fingerprint density at radius 2 is 1.65 bits per heavy atom. The third-order valence-electron chi connectivity index (χ3n) is 7.98. The van der Waals surface area contributed by atoms with Crippen molar-refractivity contribution in [1.82, 2.24) is 9.80 Å². The zero-order chi connectivity index (χ0) is 26.6. The lowest BCUT2D eigenvalue weighted by molar-refractivity contribution is -0.137. The number of carbonyl (C=O) groups excluding carboxylic acids is 2. The van der Waals surface area contributed by atoms with E-state index in [1.807, 2.05) is 65.3 Å². The van der Waals surface area contributed by atoms with Crippen LogP contribution in [0.4, 0.5) is 21.0 Å². The molecule has 2 aliphatic rings. The number of carboxylic acids is 1. The Bertz CT molecular complexity index is 1120. The van der Waals surface area contributed by atoms with E-state index in [-0.39, 0.29) is 24.5 Å². The third-order valence-corrected chi connectivity index (χ3v) is 7.98. The van der Waals surface area contributed by atoms with Crippen LogP contribution in [0.15, 0.2) is 48.5 Å². The molecule has 0 atom stereocenters. The maximum Gasteiger partial charge on any atom is 0.323 e. The van der Waals surface area contributed by atoms with Crippen molar-refractivity contribution in [1.29, 1.82) is 0 Å². The smallest absolute Gasteiger partial charge is 0.323 e. The van der Waals surface area contributed by atoms with Gasteiger partial charge in [-0.05, 0) is 88.1 Å². The van der Waals surface area contributed by atoms with Gasteiger partial charge >= 0.3 is 18.0 Å². The highest BCUT2D eigenvalue weighted by molar-refractivity contribution is 6.00. The summed E-state index contributed by atoms with van der Waals surface area (Å²) in [6, 6.07) is 15.3. The second-order valence-corrected chi connectivity index (χ2v) is 10.8. The Balaban J connectivity index is 1.33. The number of urea groups is 2. The molecule has 37 heavy (non-hydrogen) atoms. The first kappa shape index (κ1) is 26.5. The van der Waals surface area contributed by atoms with Gasteiger partial charge in [-0.1, -0.05) is 30.3 Å². The van der Waals surface area contributed by atoms with E-state index in [2.05, 4.69) is 24.5 Å². The quantitative estimate of drug-likeness (QED) is 0.406. The number of anilines is 2. The molecule has 1 heterocycles. The van der Waals surface area contributed by atoms with E-state index < -0.39 is 11.5 Å². The fourth-order valence-electron chi connectivity index (χ4n) is 5.60. The molecule has 4 amide bonds. The van der Waals surface area contributed by atoms with Crippen LogP contribution in [-0.4, -0.2) is 52.1 Å². The number of benzene rings is 2. The molecule has 198 valence electrons. The van der Waals surface area contributed by atoms with Gasteiger partial charge in [0.2, 0.25) is 0 Å². The summed E-state index contributed by atoms with van der Waals surface area (Å²) in [6.45, 7) is 7.45. The second kappa shape index (κ2) is 11.2. The van der Waals surface area contributed by atoms with Gasteiger partial charge in [0.05, 0.1) is 5.54 Å². The van der Waals surface area contributed by atoms with Crippen LogP contribution in [0.1, 0.15) is 63.5 Å². The van der Waals surface area contributed by atoms with Crippen LogP contribution in [0.3, 0.4) is 0 Å². The first-order valence-corrected chi connectivity index (χ1v) is 13.2. The average molecular weight is 507 g/mol. The number of nitrogens with one attached hydrogen (secondary N) is 2. The van der Waals surface area contributed by atoms with Crippen molar-refractivity contribution in [2.24, 2.45) is 5.92 Å². The van der Waals surface area contributed by atoms with E-state index in [1.54, 1.807) is 0 Å². The number of amides is 4. The maximum atomic E-state index is 13.4. The fraction of sp³-hybridized carbons (Fsp3) is 0.483. The zero-order valence-corrected chi connectivity index (χ0v) is 22.0. The molecule has 0 spiro atoms. The molecule has 8 heteroatoms. The van der Waals surface area contributed by atoms with Crippen molar-refractivity contribution in [2.45, 2.75) is 70.9 Å². The van der Waals surface area contributed by atoms with E-state index in [0.29, 0.717) is 24.7 Å². The summed E-state index contributed by atoms with van der Waals surface area (Å²) in [5.41, 5.74) is 2.95. The summed E-state index contributed by atoms with van der Waals surface area (Å²) in [6.07, 6.45) is 4.80. The second-order valence-electron chi connectivity index (χ2n) is 10.8. The number of aryl methyl sites for hydroxylation is 1. The van der Waals surface area contributed by atoms with E-state index in [4.69, 9.17) is 5.11 Å². The lowest BCUT2D eigenvalue weighted by Crippen LogP contribution is -2.47. The largest absolute Gasteiger partial charge is 0.481 e. The molecule has 0 bridgehead atoms. The fourth-order valence-corrected chi connectivity index (χ4v) is 5.60. The van der Waals surface area contributed by atoms with Crippen LogP contribution in [0, 0.1) is 12.8 Å². The van der Waals surface area contributed by atoms with E-state index in [1.165, 1.54) is 0 Å². The van der Waals surface area contributed by atoms with Crippen molar-refractivity contribution in [3.63, 3.8) is 0 Å². The van der Waals surface area contributed by atoms with Crippen molar-refractivity contribution in [3.8, 4) is 0 Å². The molecule has 1 aliphatic heterocycles. The maximum absolute atomic E-state index is 13.4. The number of para-hydroxylation sites is 1. The minimum Gasteiger partial charge on any atom is -0.481 e. The number of carbonyl (C=O) groups is 3. The summed E-state index contributed by atoms with van der Waals surface area (Å²) in [7, 11) is 0. The average Bonchev–Trinajstić information content (AvgIpc) is 3.27. The number of aliphatic carboxylic acids is 1. The number of rotatable bonds is 8. The van der Waals surface area contributed by atoms with Gasteiger partial charge in [-0.2, -0.15) is 0 Å². The van der Waals surface area contributed by atoms with Crippen molar-refractivity contribution in [2.75, 3.05) is 23.7 Å². The summed E-state index contributed by atoms with van der Waals surface area (Å²) in [4.78, 5) is 40.7. The standard InChI is InChI=1S/C29H38N4O4/c1-20-6-4-5-7-25(20)31-27(36)30-23-13-11-22(12-14-23)29(2,3)33-19-18-32(28(33)37)24-15-8-21(9-16-24)10-17-26(34)35/h4-7,11-14,21,24H,8-10,15-19H2,1-3H3,(H,34,35)(H2,30,31,36). The minimum absolute atomic E-state index is 0.0683. The number of carboxylic acid groups (broad SMARTS) is 1. The van der Waals surface area contributed by atoms with Crippen LogP contribution in [0.25, 0.3) is 0 Å². The SMILES string of the molecule is Cc1ccccc1NC(=O)Nc1ccc(C(C)(C)N2CCN(C3CCC(CCC(=O)O)CC3)C2=O)cc1. The molecule has 3 N–H and O–H groups in total. The number of hydrogen-bond donors (Lipinski definition) is 3. The molecule has 1 saturated heterocycles. The first-order valence-electron chi connectivity index (χ1n) is 13.2. The normalized spacial score (nSPS) is 20.1. The van der Waals surface area contributed by atoms with Crippen molar-refractivity contribution in [3.05, 3.63) is 59.7 Å². The molecular formula is C29H38N4O4. The lowest BCUT2D eigenvalue weighted by Gasteiger charge is -2.38. The highest BCUT2D eigenvalue weighted by Gasteiger charge is 2.42. The van der Waals surface area contributed by atoms with Gasteiger partial charge in [-0.15, -0.1) is 0 Å². The Morgan fingerprint density at radius 1 is 0.973 bits per heavy atom. The van der Waals surface area contributed by atoms with Crippen LogP contribution in [-0.2, 0) is 10.3 Å². The summed E-state index contributed by atoms with van der Waals surface area (Å²) in [5.74, 6) is -0.285. The molecule has 1 saturated carbocycles. The van der Waals surface area contributed by atoms with E-state index in [0.717, 1.165) is 48.9 Å². The third kappa shape index (κ3) is 6.24. The summed E-state index contributed by atoms with van der Waals surface area (Å²) < 4.78 is 0. The van der Waals surface area contributed by atoms with Gasteiger partial charge in [0.1, 0.15) is 0 Å².